The van der Waals surface area contributed by atoms with E-state index in [2.05, 4.69) is 170 Å². The van der Waals surface area contributed by atoms with Gasteiger partial charge >= 0.3 is 132 Å². The summed E-state index contributed by atoms with van der Waals surface area (Å²) < 4.78 is 256. The van der Waals surface area contributed by atoms with E-state index in [0.717, 1.165) is 91.4 Å². The maximum atomic E-state index is 9.87. The van der Waals surface area contributed by atoms with Crippen molar-refractivity contribution < 1.29 is 119 Å². The van der Waals surface area contributed by atoms with E-state index >= 15 is 0 Å². The van der Waals surface area contributed by atoms with Gasteiger partial charge in [-0.3, -0.25) is 0 Å². The maximum absolute atomic E-state index is 10.7. The van der Waals surface area contributed by atoms with E-state index in [-0.39, 0.29) is 0 Å². The Kier molecular flexibility index (Phi) is 31.8. The predicted molar refractivity (Wildman–Crippen MR) is 325 cm³/mol. The zero-order valence-corrected chi connectivity index (χ0v) is 56.1. The van der Waals surface area contributed by atoms with Crippen LogP contribution in [0.1, 0.15) is 54.4 Å². The van der Waals surface area contributed by atoms with Gasteiger partial charge in [-0.1, -0.05) is 48.5 Å². The van der Waals surface area contributed by atoms with E-state index in [9.17, 15) is 101 Å². The first-order chi connectivity index (χ1) is 44.1. The number of rotatable bonds is 0. The summed E-state index contributed by atoms with van der Waals surface area (Å²) in [5.41, 5.74) is 10.4. The Hall–Kier alpha value is -8.34. The molecule has 1 aliphatic rings. The van der Waals surface area contributed by atoms with E-state index in [0.29, 0.717) is 0 Å². The van der Waals surface area contributed by atoms with Crippen molar-refractivity contribution in [1.29, 1.82) is 31.6 Å². The molecule has 1 aliphatic heterocycles. The predicted octanol–water partition coefficient (Wildman–Crippen LogP) is 20.4. The number of nitriles is 6. The molecule has 0 spiro atoms. The molecular weight excluding hydrogens is 1450 g/mol. The Bertz CT molecular complexity index is 3500. The number of aryl methyl sites for hydroxylation is 4. The van der Waals surface area contributed by atoms with Gasteiger partial charge in [0, 0.05) is 80.6 Å². The van der Waals surface area contributed by atoms with Gasteiger partial charge in [0.1, 0.15) is 26.2 Å². The van der Waals surface area contributed by atoms with Gasteiger partial charge in [0.05, 0.1) is 62.6 Å². The summed E-state index contributed by atoms with van der Waals surface area (Å²) in [6.45, 7) is 19.9. The van der Waals surface area contributed by atoms with E-state index in [4.69, 9.17) is 31.6 Å². The number of hydrogen-bond acceptors (Lipinski definition) is 8. The molecule has 4 aromatic heterocycles. The minimum Gasteiger partial charge on any atom is -0.309 e. The molecule has 0 amide bonds. The number of hydrogen-bond donors (Lipinski definition) is 2. The molecule has 2 N–H and O–H groups in total. The van der Waals surface area contributed by atoms with Gasteiger partial charge in [-0.05, 0) is 48.5 Å². The first-order valence-electron chi connectivity index (χ1n) is 27.5. The second-order valence-corrected chi connectivity index (χ2v) is 27.0. The quantitative estimate of drug-likeness (QED) is 0.0848. The molecule has 44 heteroatoms. The molecule has 0 aliphatic carbocycles. The molecule has 552 valence electrons. The van der Waals surface area contributed by atoms with E-state index in [1.807, 2.05) is 0 Å². The standard InChI is InChI=1S/C42H50N10.6C2H3N.4F6P/c1-5-15-39-35(11-1)45-23-9-24-46-32-50(40-16-6-2-12-36(40)46)29-21-44-22-30-52-34-48(38-14-4-8-18-42(38)52)26-10-25-47-33-51(41-17-7-3-13-37(41)47)28-20-43-19-27-49(39)31-45;6*1-2-3;4*1-7(2,3,4,5)6/h1-8,11-18,31-34,43-44H,9-10,19-30H2;6*1H3;;;;/q+4;;;;;;;4*-1. The summed E-state index contributed by atoms with van der Waals surface area (Å²) in [6, 6.07) is 45.8. The molecular formula is C54H68F24N16P4. The molecule has 4 aromatic carbocycles. The van der Waals surface area contributed by atoms with Crippen molar-refractivity contribution in [2.24, 2.45) is 0 Å². The molecule has 8 aromatic rings. The normalized spacial score (nSPS) is 15.6. The number of benzene rings is 4. The van der Waals surface area contributed by atoms with Crippen molar-refractivity contribution in [1.82, 2.24) is 28.9 Å². The van der Waals surface area contributed by atoms with E-state index in [1.54, 1.807) is 36.4 Å². The summed E-state index contributed by atoms with van der Waals surface area (Å²) in [4.78, 5) is 0. The van der Waals surface area contributed by atoms with Crippen molar-refractivity contribution in [3.8, 4) is 36.4 Å². The van der Waals surface area contributed by atoms with E-state index < -0.39 is 31.2 Å². The second-order valence-electron chi connectivity index (χ2n) is 19.3. The molecule has 0 saturated carbocycles. The monoisotopic (exact) mass is 1520 g/mol. The third-order valence-corrected chi connectivity index (χ3v) is 10.8. The molecule has 5 heterocycles. The fraction of sp³-hybridized carbons (Fsp3) is 0.370. The van der Waals surface area contributed by atoms with Crippen molar-refractivity contribution in [2.75, 3.05) is 26.2 Å². The fourth-order valence-electron chi connectivity index (χ4n) is 8.27. The minimum atomic E-state index is -10.7. The van der Waals surface area contributed by atoms with Crippen LogP contribution in [0.15, 0.2) is 122 Å². The van der Waals surface area contributed by atoms with Crippen LogP contribution in [0.3, 0.4) is 0 Å². The van der Waals surface area contributed by atoms with Gasteiger partial charge in [0.2, 0.25) is 25.3 Å². The fourth-order valence-corrected chi connectivity index (χ4v) is 8.27. The van der Waals surface area contributed by atoms with Gasteiger partial charge in [0.15, 0.2) is 44.1 Å². The van der Waals surface area contributed by atoms with Gasteiger partial charge in [-0.2, -0.15) is 31.6 Å². The van der Waals surface area contributed by atoms with Gasteiger partial charge < -0.3 is 10.6 Å². The van der Waals surface area contributed by atoms with Gasteiger partial charge in [-0.25, -0.2) is 36.5 Å². The number of fused-ring (bicyclic) bond motifs is 20. The molecule has 16 nitrogen and oxygen atoms in total. The SMILES string of the molecule is CC#N.CC#N.CC#N.CC#N.CC#N.CC#N.F[P-](F)(F)(F)(F)F.F[P-](F)(F)(F)(F)F.F[P-](F)(F)(F)(F)F.F[P-](F)(F)(F)(F)F.c1ccc2c(c1)n1c[n+]2CCC[n+]2cn(c3ccccc32)CCNCCn2c[n+](c3ccccc32)CCC[n+]2cn(c3ccccc32)CCNCC1. The maximum Gasteiger partial charge on any atom is 0.244 e. The van der Waals surface area contributed by atoms with E-state index in [1.165, 1.54) is 85.7 Å². The van der Waals surface area contributed by atoms with Gasteiger partial charge in [0.25, 0.3) is 0 Å². The molecule has 0 atom stereocenters. The Balaban J connectivity index is 0. The minimum absolute atomic E-state index is 0.924. The largest absolute Gasteiger partial charge is 0.309 e. The van der Waals surface area contributed by atoms with Crippen LogP contribution >= 0.6 is 31.2 Å². The summed E-state index contributed by atoms with van der Waals surface area (Å²) >= 11 is 0. The Morgan fingerprint density at radius 3 is 0.561 bits per heavy atom. The number of nitrogens with one attached hydrogen (secondary N) is 2. The van der Waals surface area contributed by atoms with Crippen LogP contribution in [-0.2, 0) is 52.4 Å². The molecule has 0 unspecified atom stereocenters. The number of halogens is 24. The zero-order chi connectivity index (χ0) is 76.6. The summed E-state index contributed by atoms with van der Waals surface area (Å²) in [6.07, 6.45) is 11.4. The first kappa shape index (κ1) is 91.7. The van der Waals surface area contributed by atoms with Crippen LogP contribution < -0.4 is 28.9 Å². The smallest absolute Gasteiger partial charge is 0.244 e. The summed E-state index contributed by atoms with van der Waals surface area (Å²) in [7, 11) is -42.6. The number of aromatic nitrogens is 8. The first-order valence-corrected chi connectivity index (χ1v) is 35.6. The molecule has 8 bridgehead atoms. The Morgan fingerprint density at radius 2 is 0.418 bits per heavy atom. The number of nitrogens with zero attached hydrogens (tertiary/aromatic N) is 14. The average Bonchev–Trinajstić information content (AvgIpc) is 1.43. The van der Waals surface area contributed by atoms with Crippen molar-refractivity contribution in [2.45, 2.75) is 107 Å². The molecule has 9 rings (SSSR count). The Morgan fingerprint density at radius 1 is 0.286 bits per heavy atom. The second kappa shape index (κ2) is 33.9. The van der Waals surface area contributed by atoms with Crippen molar-refractivity contribution in [3.05, 3.63) is 122 Å². The van der Waals surface area contributed by atoms with Crippen LogP contribution in [0, 0.1) is 68.0 Å². The number of imidazole rings is 4. The average molecular weight is 1520 g/mol. The van der Waals surface area contributed by atoms with Crippen molar-refractivity contribution in [3.63, 3.8) is 0 Å². The van der Waals surface area contributed by atoms with Gasteiger partial charge in [-0.15, -0.1) is 0 Å². The summed E-state index contributed by atoms with van der Waals surface area (Å²) in [5, 5.41) is 51.4. The molecule has 0 saturated heterocycles. The molecule has 98 heavy (non-hydrogen) atoms. The number of para-hydroxylation sites is 8. The molecule has 0 fully saturated rings. The third kappa shape index (κ3) is 52.8. The van der Waals surface area contributed by atoms with Crippen molar-refractivity contribution >= 4 is 75.4 Å². The topological polar surface area (TPSA) is 202 Å². The van der Waals surface area contributed by atoms with Crippen LogP contribution in [-0.4, -0.2) is 44.4 Å². The Labute approximate surface area is 545 Å². The zero-order valence-electron chi connectivity index (χ0n) is 52.6. The van der Waals surface area contributed by atoms with Crippen LogP contribution in [0.2, 0.25) is 0 Å². The summed E-state index contributed by atoms with van der Waals surface area (Å²) in [5.74, 6) is 0. The van der Waals surface area contributed by atoms with Crippen LogP contribution in [0.5, 0.6) is 0 Å². The molecule has 0 radical (unpaired) electrons. The van der Waals surface area contributed by atoms with Crippen LogP contribution in [0.4, 0.5) is 101 Å². The van der Waals surface area contributed by atoms with Crippen LogP contribution in [0.25, 0.3) is 44.1 Å². The third-order valence-electron chi connectivity index (χ3n) is 10.8.